The van der Waals surface area contributed by atoms with Gasteiger partial charge in [-0.1, -0.05) is 17.7 Å². The van der Waals surface area contributed by atoms with E-state index >= 15 is 0 Å². The second kappa shape index (κ2) is 7.03. The molecule has 29 heavy (non-hydrogen) atoms. The summed E-state index contributed by atoms with van der Waals surface area (Å²) in [5.41, 5.74) is 1.71. The van der Waals surface area contributed by atoms with Gasteiger partial charge in [0.15, 0.2) is 9.84 Å². The Bertz CT molecular complexity index is 1120. The zero-order valence-electron chi connectivity index (χ0n) is 16.3. The van der Waals surface area contributed by atoms with Gasteiger partial charge < -0.3 is 4.74 Å². The number of nitrogens with zero attached hydrogens (tertiary/aromatic N) is 3. The normalized spacial score (nSPS) is 23.0. The third-order valence-electron chi connectivity index (χ3n) is 5.83. The van der Waals surface area contributed by atoms with Crippen LogP contribution in [-0.2, 0) is 19.9 Å². The summed E-state index contributed by atoms with van der Waals surface area (Å²) < 4.78 is 57.1. The fourth-order valence-electron chi connectivity index (χ4n) is 3.96. The minimum Gasteiger partial charge on any atom is -0.463 e. The van der Waals surface area contributed by atoms with Crippen molar-refractivity contribution in [2.75, 3.05) is 25.4 Å². The zero-order valence-corrected chi connectivity index (χ0v) is 17.9. The Kier molecular flexibility index (Phi) is 4.91. The monoisotopic (exact) mass is 437 g/mol. The molecule has 1 aromatic heterocycles. The molecule has 1 aromatic carbocycles. The molecule has 0 radical (unpaired) electrons. The first-order valence-electron chi connectivity index (χ1n) is 9.36. The van der Waals surface area contributed by atoms with Crippen molar-refractivity contribution in [1.29, 1.82) is 0 Å². The first-order valence-corrected chi connectivity index (χ1v) is 12.4. The number of aryl methyl sites for hydroxylation is 2. The maximum absolute atomic E-state index is 12.9. The van der Waals surface area contributed by atoms with Gasteiger partial charge >= 0.3 is 6.01 Å². The summed E-state index contributed by atoms with van der Waals surface area (Å²) in [6.45, 7) is 3.74. The number of aromatic nitrogens is 2. The van der Waals surface area contributed by atoms with Gasteiger partial charge in [-0.05, 0) is 38.5 Å². The second-order valence-corrected chi connectivity index (χ2v) is 12.1. The molecule has 3 heterocycles. The molecule has 0 bridgehead atoms. The molecule has 2 aromatic rings. The number of rotatable bonds is 5. The van der Waals surface area contributed by atoms with Crippen LogP contribution in [0, 0.1) is 19.8 Å². The van der Waals surface area contributed by atoms with Gasteiger partial charge in [-0.3, -0.25) is 0 Å². The molecule has 0 unspecified atom stereocenters. The molecule has 156 valence electrons. The van der Waals surface area contributed by atoms with Gasteiger partial charge in [0.25, 0.3) is 0 Å². The molecule has 4 rings (SSSR count). The molecule has 2 fully saturated rings. The number of sulfone groups is 1. The molecule has 1 atom stereocenters. The van der Waals surface area contributed by atoms with Gasteiger partial charge in [-0.2, -0.15) is 4.31 Å². The molecule has 0 saturated carbocycles. The molecule has 0 amide bonds. The highest BCUT2D eigenvalue weighted by molar-refractivity contribution is 7.93. The number of benzene rings is 1. The lowest BCUT2D eigenvalue weighted by atomic mass is 9.85. The summed E-state index contributed by atoms with van der Waals surface area (Å²) in [5, 5.41) is 0. The van der Waals surface area contributed by atoms with Crippen LogP contribution in [0.25, 0.3) is 0 Å². The van der Waals surface area contributed by atoms with Crippen molar-refractivity contribution in [3.63, 3.8) is 0 Å². The minimum atomic E-state index is -3.73. The van der Waals surface area contributed by atoms with E-state index in [0.717, 1.165) is 11.3 Å². The largest absolute Gasteiger partial charge is 0.463 e. The van der Waals surface area contributed by atoms with E-state index in [4.69, 9.17) is 4.74 Å². The molecule has 8 nitrogen and oxygen atoms in total. The summed E-state index contributed by atoms with van der Waals surface area (Å²) in [7, 11) is -7.15. The van der Waals surface area contributed by atoms with Crippen molar-refractivity contribution in [3.05, 3.63) is 47.8 Å². The number of hydrogen-bond donors (Lipinski definition) is 0. The fraction of sp³-hybridized carbons (Fsp3) is 0.474. The Hall–Kier alpha value is -2.04. The third-order valence-corrected chi connectivity index (χ3v) is 10.2. The van der Waals surface area contributed by atoms with Gasteiger partial charge in [-0.25, -0.2) is 26.8 Å². The van der Waals surface area contributed by atoms with E-state index in [1.54, 1.807) is 36.5 Å². The summed E-state index contributed by atoms with van der Waals surface area (Å²) in [6, 6.07) is 8.50. The van der Waals surface area contributed by atoms with Gasteiger partial charge in [0, 0.05) is 30.9 Å². The van der Waals surface area contributed by atoms with Crippen molar-refractivity contribution in [3.8, 4) is 6.01 Å². The molecule has 2 saturated heterocycles. The highest BCUT2D eigenvalue weighted by atomic mass is 32.2. The lowest BCUT2D eigenvalue weighted by Gasteiger charge is -2.48. The first-order chi connectivity index (χ1) is 13.6. The van der Waals surface area contributed by atoms with E-state index in [2.05, 4.69) is 9.97 Å². The average molecular weight is 438 g/mol. The Morgan fingerprint density at radius 2 is 1.86 bits per heavy atom. The first kappa shape index (κ1) is 20.2. The Morgan fingerprint density at radius 3 is 2.52 bits per heavy atom. The average Bonchev–Trinajstić information content (AvgIpc) is 2.89. The molecule has 1 spiro atoms. The topological polar surface area (TPSA) is 107 Å². The second-order valence-electron chi connectivity index (χ2n) is 7.75. The number of sulfonamides is 1. The van der Waals surface area contributed by atoms with Gasteiger partial charge in [0.1, 0.15) is 4.75 Å². The van der Waals surface area contributed by atoms with E-state index in [9.17, 15) is 16.8 Å². The summed E-state index contributed by atoms with van der Waals surface area (Å²) in [4.78, 5) is 8.39. The summed E-state index contributed by atoms with van der Waals surface area (Å²) >= 11 is 0. The van der Waals surface area contributed by atoms with Crippen molar-refractivity contribution >= 4 is 19.9 Å². The standard InChI is InChI=1S/C19H23N3O5S2/c1-14-3-5-17(6-4-14)29(25,26)22-12-19(13-22)16(8-10-28(19,23)24)11-27-18-20-9-7-15(2)21-18/h3-7,9,16H,8,10-13H2,1-2H3/t16-/m1/s1. The molecule has 0 aliphatic carbocycles. The van der Waals surface area contributed by atoms with Crippen LogP contribution >= 0.6 is 0 Å². The Morgan fingerprint density at radius 1 is 1.17 bits per heavy atom. The van der Waals surface area contributed by atoms with Crippen LogP contribution < -0.4 is 4.74 Å². The van der Waals surface area contributed by atoms with Crippen LogP contribution in [0.3, 0.4) is 0 Å². The van der Waals surface area contributed by atoms with Gasteiger partial charge in [0.05, 0.1) is 17.3 Å². The predicted octanol–water partition coefficient (Wildman–Crippen LogP) is 1.35. The van der Waals surface area contributed by atoms with Crippen LogP contribution in [0.15, 0.2) is 41.4 Å². The van der Waals surface area contributed by atoms with Crippen molar-refractivity contribution in [1.82, 2.24) is 14.3 Å². The fourth-order valence-corrected chi connectivity index (χ4v) is 8.10. The molecule has 10 heteroatoms. The Labute approximate surface area is 170 Å². The van der Waals surface area contributed by atoms with Crippen LogP contribution in [-0.4, -0.2) is 61.3 Å². The molecule has 0 N–H and O–H groups in total. The van der Waals surface area contributed by atoms with Crippen molar-refractivity contribution in [2.24, 2.45) is 5.92 Å². The smallest absolute Gasteiger partial charge is 0.316 e. The quantitative estimate of drug-likeness (QED) is 0.695. The van der Waals surface area contributed by atoms with Gasteiger partial charge in [-0.15, -0.1) is 0 Å². The van der Waals surface area contributed by atoms with Crippen LogP contribution in [0.4, 0.5) is 0 Å². The number of ether oxygens (including phenoxy) is 1. The maximum Gasteiger partial charge on any atom is 0.316 e. The zero-order chi connectivity index (χ0) is 20.9. The lowest BCUT2D eigenvalue weighted by Crippen LogP contribution is -2.68. The van der Waals surface area contributed by atoms with E-state index in [1.165, 1.54) is 4.31 Å². The van der Waals surface area contributed by atoms with E-state index < -0.39 is 24.6 Å². The third kappa shape index (κ3) is 3.43. The van der Waals surface area contributed by atoms with Crippen LogP contribution in [0.1, 0.15) is 17.7 Å². The SMILES string of the molecule is Cc1ccc(S(=O)(=O)N2CC3(C2)[C@@H](COc2nccc(C)n2)CCS3(=O)=O)cc1. The summed E-state index contributed by atoms with van der Waals surface area (Å²) in [5.74, 6) is -0.269. The predicted molar refractivity (Wildman–Crippen MR) is 107 cm³/mol. The highest BCUT2D eigenvalue weighted by Gasteiger charge is 2.64. The highest BCUT2D eigenvalue weighted by Crippen LogP contribution is 2.46. The van der Waals surface area contributed by atoms with E-state index in [0.29, 0.717) is 6.42 Å². The molecular weight excluding hydrogens is 414 g/mol. The van der Waals surface area contributed by atoms with E-state index in [1.807, 2.05) is 13.8 Å². The van der Waals surface area contributed by atoms with Crippen LogP contribution in [0.2, 0.25) is 0 Å². The van der Waals surface area contributed by atoms with E-state index in [-0.39, 0.29) is 42.3 Å². The molecule has 2 aliphatic rings. The van der Waals surface area contributed by atoms with Gasteiger partial charge in [0.2, 0.25) is 10.0 Å². The Balaban J connectivity index is 1.52. The summed E-state index contributed by atoms with van der Waals surface area (Å²) in [6.07, 6.45) is 2.02. The molecular formula is C19H23N3O5S2. The molecule has 2 aliphatic heterocycles. The minimum absolute atomic E-state index is 0.0358. The lowest BCUT2D eigenvalue weighted by molar-refractivity contribution is 0.120. The van der Waals surface area contributed by atoms with Crippen molar-refractivity contribution < 1.29 is 21.6 Å². The van der Waals surface area contributed by atoms with Crippen molar-refractivity contribution in [2.45, 2.75) is 29.9 Å². The van der Waals surface area contributed by atoms with Crippen LogP contribution in [0.5, 0.6) is 6.01 Å². The maximum atomic E-state index is 12.9. The number of hydrogen-bond acceptors (Lipinski definition) is 7.